The summed E-state index contributed by atoms with van der Waals surface area (Å²) in [5.41, 5.74) is 8.70. The Morgan fingerprint density at radius 3 is 2.25 bits per heavy atom. The van der Waals surface area contributed by atoms with Gasteiger partial charge in [0.1, 0.15) is 6.04 Å². The Morgan fingerprint density at radius 2 is 1.70 bits per heavy atom. The van der Waals surface area contributed by atoms with Crippen LogP contribution >= 0.6 is 11.8 Å². The number of rotatable bonds is 4. The van der Waals surface area contributed by atoms with Crippen LogP contribution in [-0.2, 0) is 4.79 Å². The normalized spacial score (nSPS) is 11.9. The minimum absolute atomic E-state index is 0.203. The number of amides is 1. The Bertz CT molecular complexity index is 578. The Balaban J connectivity index is 2.05. The van der Waals surface area contributed by atoms with E-state index in [-0.39, 0.29) is 5.91 Å². The first-order valence-electron chi connectivity index (χ1n) is 6.37. The molecule has 3 N–H and O–H groups in total. The third kappa shape index (κ3) is 3.62. The van der Waals surface area contributed by atoms with Crippen LogP contribution in [0.5, 0.6) is 0 Å². The van der Waals surface area contributed by atoms with E-state index in [0.717, 1.165) is 21.7 Å². The molecule has 3 nitrogen and oxygen atoms in total. The predicted octanol–water partition coefficient (Wildman–Crippen LogP) is 3.36. The summed E-state index contributed by atoms with van der Waals surface area (Å²) in [5.74, 6) is -0.203. The third-order valence-corrected chi connectivity index (χ3v) is 3.82. The highest BCUT2D eigenvalue weighted by Crippen LogP contribution is 2.19. The zero-order valence-corrected chi connectivity index (χ0v) is 12.4. The molecule has 0 radical (unpaired) electrons. The maximum absolute atomic E-state index is 12.1. The minimum atomic E-state index is -0.657. The second-order valence-electron chi connectivity index (χ2n) is 4.61. The molecule has 1 amide bonds. The van der Waals surface area contributed by atoms with Gasteiger partial charge in [-0.05, 0) is 43.0 Å². The number of carbonyl (C=O) groups is 1. The van der Waals surface area contributed by atoms with Crippen molar-refractivity contribution in [2.45, 2.75) is 17.9 Å². The monoisotopic (exact) mass is 286 g/mol. The highest BCUT2D eigenvalue weighted by atomic mass is 32.2. The van der Waals surface area contributed by atoms with Gasteiger partial charge in [0.25, 0.3) is 0 Å². The van der Waals surface area contributed by atoms with Crippen molar-refractivity contribution >= 4 is 23.4 Å². The third-order valence-electron chi connectivity index (χ3n) is 3.08. The van der Waals surface area contributed by atoms with E-state index in [1.54, 1.807) is 11.8 Å². The number of hydrogen-bond donors (Lipinski definition) is 2. The number of nitrogens with one attached hydrogen (secondary N) is 1. The SMILES string of the molecule is CSc1ccc(NC(=O)C(N)c2ccc(C)cc2)cc1. The summed E-state index contributed by atoms with van der Waals surface area (Å²) in [6.07, 6.45) is 2.01. The van der Waals surface area contributed by atoms with Crippen molar-refractivity contribution in [3.63, 3.8) is 0 Å². The summed E-state index contributed by atoms with van der Waals surface area (Å²) in [7, 11) is 0. The fourth-order valence-electron chi connectivity index (χ4n) is 1.82. The Labute approximate surface area is 123 Å². The van der Waals surface area contributed by atoms with Gasteiger partial charge in [-0.2, -0.15) is 0 Å². The zero-order chi connectivity index (χ0) is 14.5. The molecule has 20 heavy (non-hydrogen) atoms. The molecule has 0 aromatic heterocycles. The van der Waals surface area contributed by atoms with E-state index in [4.69, 9.17) is 5.73 Å². The summed E-state index contributed by atoms with van der Waals surface area (Å²) in [6.45, 7) is 2.00. The van der Waals surface area contributed by atoms with Crippen molar-refractivity contribution < 1.29 is 4.79 Å². The summed E-state index contributed by atoms with van der Waals surface area (Å²) in [4.78, 5) is 13.3. The maximum Gasteiger partial charge on any atom is 0.245 e. The molecule has 0 spiro atoms. The molecule has 2 rings (SSSR count). The lowest BCUT2D eigenvalue weighted by atomic mass is 10.1. The molecule has 4 heteroatoms. The van der Waals surface area contributed by atoms with Gasteiger partial charge in [-0.15, -0.1) is 11.8 Å². The van der Waals surface area contributed by atoms with Crippen LogP contribution in [0.4, 0.5) is 5.69 Å². The smallest absolute Gasteiger partial charge is 0.245 e. The average molecular weight is 286 g/mol. The molecule has 0 bridgehead atoms. The minimum Gasteiger partial charge on any atom is -0.324 e. The fraction of sp³-hybridized carbons (Fsp3) is 0.188. The van der Waals surface area contributed by atoms with Crippen LogP contribution in [0.2, 0.25) is 0 Å². The molecule has 0 fully saturated rings. The van der Waals surface area contributed by atoms with Crippen LogP contribution in [0.1, 0.15) is 17.2 Å². The molecule has 0 aliphatic carbocycles. The Kier molecular flexibility index (Phi) is 4.82. The van der Waals surface area contributed by atoms with E-state index in [1.807, 2.05) is 61.7 Å². The van der Waals surface area contributed by atoms with Crippen LogP contribution in [-0.4, -0.2) is 12.2 Å². The molecule has 0 aliphatic heterocycles. The van der Waals surface area contributed by atoms with E-state index in [2.05, 4.69) is 5.32 Å². The summed E-state index contributed by atoms with van der Waals surface area (Å²) in [5, 5.41) is 2.83. The number of thioether (sulfide) groups is 1. The van der Waals surface area contributed by atoms with Crippen molar-refractivity contribution in [1.82, 2.24) is 0 Å². The lowest BCUT2D eigenvalue weighted by Gasteiger charge is -2.13. The van der Waals surface area contributed by atoms with E-state index in [0.29, 0.717) is 0 Å². The first-order chi connectivity index (χ1) is 9.60. The second kappa shape index (κ2) is 6.59. The Morgan fingerprint density at radius 1 is 1.10 bits per heavy atom. The maximum atomic E-state index is 12.1. The quantitative estimate of drug-likeness (QED) is 0.847. The summed E-state index contributed by atoms with van der Waals surface area (Å²) < 4.78 is 0. The van der Waals surface area contributed by atoms with Gasteiger partial charge in [-0.25, -0.2) is 0 Å². The van der Waals surface area contributed by atoms with Gasteiger partial charge in [0.15, 0.2) is 0 Å². The molecular weight excluding hydrogens is 268 g/mol. The Hall–Kier alpha value is -1.78. The van der Waals surface area contributed by atoms with Gasteiger partial charge in [0, 0.05) is 10.6 Å². The number of nitrogens with two attached hydrogens (primary N) is 1. The molecule has 0 saturated heterocycles. The van der Waals surface area contributed by atoms with E-state index in [1.165, 1.54) is 0 Å². The van der Waals surface area contributed by atoms with Gasteiger partial charge in [-0.3, -0.25) is 4.79 Å². The largest absolute Gasteiger partial charge is 0.324 e. The van der Waals surface area contributed by atoms with Gasteiger partial charge in [0.05, 0.1) is 0 Å². The van der Waals surface area contributed by atoms with Gasteiger partial charge in [-0.1, -0.05) is 29.8 Å². The summed E-state index contributed by atoms with van der Waals surface area (Å²) in [6, 6.07) is 14.7. The van der Waals surface area contributed by atoms with Crippen LogP contribution in [0.15, 0.2) is 53.4 Å². The van der Waals surface area contributed by atoms with Crippen molar-refractivity contribution in [2.24, 2.45) is 5.73 Å². The molecule has 0 heterocycles. The van der Waals surface area contributed by atoms with Crippen molar-refractivity contribution in [3.8, 4) is 0 Å². The molecule has 1 atom stereocenters. The highest BCUT2D eigenvalue weighted by molar-refractivity contribution is 7.98. The molecule has 0 saturated carbocycles. The van der Waals surface area contributed by atoms with Crippen LogP contribution in [0.3, 0.4) is 0 Å². The number of anilines is 1. The van der Waals surface area contributed by atoms with Crippen LogP contribution in [0.25, 0.3) is 0 Å². The molecule has 2 aromatic rings. The van der Waals surface area contributed by atoms with Gasteiger partial charge < -0.3 is 11.1 Å². The summed E-state index contributed by atoms with van der Waals surface area (Å²) >= 11 is 1.66. The standard InChI is InChI=1S/C16H18N2OS/c1-11-3-5-12(6-4-11)15(17)16(19)18-13-7-9-14(20-2)10-8-13/h3-10,15H,17H2,1-2H3,(H,18,19). The van der Waals surface area contributed by atoms with Crippen LogP contribution in [0, 0.1) is 6.92 Å². The van der Waals surface area contributed by atoms with E-state index in [9.17, 15) is 4.79 Å². The molecule has 1 unspecified atom stereocenters. The fourth-order valence-corrected chi connectivity index (χ4v) is 2.23. The zero-order valence-electron chi connectivity index (χ0n) is 11.6. The first kappa shape index (κ1) is 14.6. The average Bonchev–Trinajstić information content (AvgIpc) is 2.48. The predicted molar refractivity (Wildman–Crippen MR) is 85.0 cm³/mol. The second-order valence-corrected chi connectivity index (χ2v) is 5.49. The number of hydrogen-bond acceptors (Lipinski definition) is 3. The van der Waals surface area contributed by atoms with Crippen LogP contribution < -0.4 is 11.1 Å². The van der Waals surface area contributed by atoms with E-state index < -0.39 is 6.04 Å². The lowest BCUT2D eigenvalue weighted by Crippen LogP contribution is -2.27. The number of carbonyl (C=O) groups excluding carboxylic acids is 1. The van der Waals surface area contributed by atoms with Crippen molar-refractivity contribution in [1.29, 1.82) is 0 Å². The van der Waals surface area contributed by atoms with Crippen molar-refractivity contribution in [2.75, 3.05) is 11.6 Å². The molecule has 104 valence electrons. The number of aryl methyl sites for hydroxylation is 1. The molecular formula is C16H18N2OS. The lowest BCUT2D eigenvalue weighted by molar-refractivity contribution is -0.117. The topological polar surface area (TPSA) is 55.1 Å². The van der Waals surface area contributed by atoms with E-state index >= 15 is 0 Å². The number of benzene rings is 2. The van der Waals surface area contributed by atoms with Crippen molar-refractivity contribution in [3.05, 3.63) is 59.7 Å². The van der Waals surface area contributed by atoms with Gasteiger partial charge in [0.2, 0.25) is 5.91 Å². The highest BCUT2D eigenvalue weighted by Gasteiger charge is 2.15. The molecule has 0 aliphatic rings. The first-order valence-corrected chi connectivity index (χ1v) is 7.59. The van der Waals surface area contributed by atoms with Gasteiger partial charge >= 0.3 is 0 Å². The molecule has 2 aromatic carbocycles.